The van der Waals surface area contributed by atoms with Crippen LogP contribution in [0.5, 0.6) is 0 Å². The first kappa shape index (κ1) is 14.9. The van der Waals surface area contributed by atoms with E-state index in [4.69, 9.17) is 15.7 Å². The van der Waals surface area contributed by atoms with Crippen LogP contribution in [0.3, 0.4) is 0 Å². The molecule has 0 saturated heterocycles. The van der Waals surface area contributed by atoms with Gasteiger partial charge in [0, 0.05) is 5.56 Å². The number of amidine groups is 1. The van der Waals surface area contributed by atoms with Gasteiger partial charge in [-0.15, -0.1) is 0 Å². The van der Waals surface area contributed by atoms with Crippen LogP contribution in [0.25, 0.3) is 0 Å². The van der Waals surface area contributed by atoms with Gasteiger partial charge in [0.25, 0.3) is 0 Å². The van der Waals surface area contributed by atoms with E-state index < -0.39 is 0 Å². The van der Waals surface area contributed by atoms with Crippen molar-refractivity contribution in [2.24, 2.45) is 16.8 Å². The fourth-order valence-corrected chi connectivity index (χ4v) is 2.80. The molecule has 1 aromatic rings. The Morgan fingerprint density at radius 1 is 1.40 bits per heavy atom. The van der Waals surface area contributed by atoms with E-state index in [2.05, 4.69) is 12.1 Å². The second-order valence-corrected chi connectivity index (χ2v) is 5.74. The number of hydrogen-bond acceptors (Lipinski definition) is 3. The van der Waals surface area contributed by atoms with E-state index in [-0.39, 0.29) is 5.84 Å². The Labute approximate surface area is 120 Å². The zero-order valence-electron chi connectivity index (χ0n) is 12.3. The summed E-state index contributed by atoms with van der Waals surface area (Å²) in [5, 5.41) is 11.7. The fourth-order valence-electron chi connectivity index (χ4n) is 2.80. The van der Waals surface area contributed by atoms with Gasteiger partial charge in [-0.1, -0.05) is 37.1 Å². The molecule has 1 aliphatic rings. The molecule has 0 aromatic heterocycles. The van der Waals surface area contributed by atoms with Gasteiger partial charge in [0.2, 0.25) is 0 Å². The topological polar surface area (TPSA) is 67.8 Å². The van der Waals surface area contributed by atoms with Gasteiger partial charge in [-0.05, 0) is 42.9 Å². The van der Waals surface area contributed by atoms with Crippen LogP contribution in [0.1, 0.15) is 49.3 Å². The van der Waals surface area contributed by atoms with E-state index in [0.717, 1.165) is 16.7 Å². The highest BCUT2D eigenvalue weighted by Gasteiger charge is 2.21. The molecule has 0 radical (unpaired) electrons. The summed E-state index contributed by atoms with van der Waals surface area (Å²) in [7, 11) is 0. The first-order valence-corrected chi connectivity index (χ1v) is 7.31. The normalized spacial score (nSPS) is 23.8. The number of nitrogens with zero attached hydrogens (tertiary/aromatic N) is 1. The molecule has 2 unspecified atom stereocenters. The predicted molar refractivity (Wildman–Crippen MR) is 79.9 cm³/mol. The highest BCUT2D eigenvalue weighted by molar-refractivity contribution is 5.97. The van der Waals surface area contributed by atoms with Crippen LogP contribution in [-0.2, 0) is 11.3 Å². The zero-order chi connectivity index (χ0) is 14.5. The average Bonchev–Trinajstić information content (AvgIpc) is 2.46. The van der Waals surface area contributed by atoms with Crippen LogP contribution < -0.4 is 5.73 Å². The highest BCUT2D eigenvalue weighted by atomic mass is 16.5. The molecule has 4 heteroatoms. The van der Waals surface area contributed by atoms with Crippen LogP contribution in [-0.4, -0.2) is 17.1 Å². The molecule has 1 saturated carbocycles. The van der Waals surface area contributed by atoms with Crippen molar-refractivity contribution >= 4 is 5.84 Å². The van der Waals surface area contributed by atoms with Crippen LogP contribution in [0.2, 0.25) is 0 Å². The van der Waals surface area contributed by atoms with E-state index in [1.807, 2.05) is 25.1 Å². The van der Waals surface area contributed by atoms with Gasteiger partial charge < -0.3 is 15.7 Å². The second-order valence-electron chi connectivity index (χ2n) is 5.74. The number of aryl methyl sites for hydroxylation is 1. The van der Waals surface area contributed by atoms with E-state index >= 15 is 0 Å². The summed E-state index contributed by atoms with van der Waals surface area (Å²) < 4.78 is 6.08. The Kier molecular flexibility index (Phi) is 5.01. The monoisotopic (exact) mass is 276 g/mol. The van der Waals surface area contributed by atoms with Gasteiger partial charge in [0.15, 0.2) is 5.84 Å². The molecular formula is C16H24N2O2. The van der Waals surface area contributed by atoms with Crippen molar-refractivity contribution in [1.82, 2.24) is 0 Å². The first-order valence-electron chi connectivity index (χ1n) is 7.31. The fraction of sp³-hybridized carbons (Fsp3) is 0.562. The molecule has 1 aromatic carbocycles. The van der Waals surface area contributed by atoms with Crippen LogP contribution in [0.15, 0.2) is 23.4 Å². The summed E-state index contributed by atoms with van der Waals surface area (Å²) >= 11 is 0. The van der Waals surface area contributed by atoms with Gasteiger partial charge in [-0.2, -0.15) is 0 Å². The van der Waals surface area contributed by atoms with Crippen molar-refractivity contribution in [3.05, 3.63) is 34.9 Å². The molecule has 0 amide bonds. The Hall–Kier alpha value is -1.55. The maximum Gasteiger partial charge on any atom is 0.170 e. The summed E-state index contributed by atoms with van der Waals surface area (Å²) in [5.41, 5.74) is 8.60. The smallest absolute Gasteiger partial charge is 0.170 e. The van der Waals surface area contributed by atoms with E-state index in [0.29, 0.717) is 18.6 Å². The molecule has 4 nitrogen and oxygen atoms in total. The third kappa shape index (κ3) is 3.51. The Bertz CT molecular complexity index is 485. The lowest BCUT2D eigenvalue weighted by atomic mass is 9.88. The minimum Gasteiger partial charge on any atom is -0.409 e. The van der Waals surface area contributed by atoms with Gasteiger partial charge in [-0.3, -0.25) is 0 Å². The molecule has 1 fully saturated rings. The van der Waals surface area contributed by atoms with E-state index in [9.17, 15) is 0 Å². The molecule has 3 N–H and O–H groups in total. The third-order valence-corrected chi connectivity index (χ3v) is 4.23. The number of oxime groups is 1. The quantitative estimate of drug-likeness (QED) is 0.384. The lowest BCUT2D eigenvalue weighted by Crippen LogP contribution is -2.25. The molecule has 0 bridgehead atoms. The molecular weight excluding hydrogens is 252 g/mol. The number of hydrogen-bond donors (Lipinski definition) is 2. The average molecular weight is 276 g/mol. The third-order valence-electron chi connectivity index (χ3n) is 4.23. The standard InChI is InChI=1S/C16H24N2O2/c1-11-5-3-4-6-15(11)20-10-14-8-7-13(9-12(14)2)16(17)18-19/h7-9,11,15,19H,3-6,10H2,1-2H3,(H2,17,18). The van der Waals surface area contributed by atoms with Crippen molar-refractivity contribution in [2.75, 3.05) is 0 Å². The number of rotatable bonds is 4. The van der Waals surface area contributed by atoms with Crippen molar-refractivity contribution in [3.8, 4) is 0 Å². The predicted octanol–water partition coefficient (Wildman–Crippen LogP) is 3.18. The minimum atomic E-state index is 0.140. The summed E-state index contributed by atoms with van der Waals surface area (Å²) in [4.78, 5) is 0. The summed E-state index contributed by atoms with van der Waals surface area (Å²) in [5.74, 6) is 0.793. The second kappa shape index (κ2) is 6.75. The SMILES string of the molecule is Cc1cc(/C(N)=N/O)ccc1COC1CCCCC1C. The lowest BCUT2D eigenvalue weighted by molar-refractivity contribution is -0.0156. The Balaban J connectivity index is 1.99. The molecule has 0 spiro atoms. The molecule has 110 valence electrons. The molecule has 0 heterocycles. The Morgan fingerprint density at radius 3 is 2.80 bits per heavy atom. The number of ether oxygens (including phenoxy) is 1. The Morgan fingerprint density at radius 2 is 2.15 bits per heavy atom. The van der Waals surface area contributed by atoms with Crippen molar-refractivity contribution in [2.45, 2.75) is 52.2 Å². The van der Waals surface area contributed by atoms with Crippen LogP contribution in [0.4, 0.5) is 0 Å². The molecule has 1 aliphatic carbocycles. The lowest BCUT2D eigenvalue weighted by Gasteiger charge is -2.29. The van der Waals surface area contributed by atoms with Crippen molar-refractivity contribution < 1.29 is 9.94 Å². The van der Waals surface area contributed by atoms with Crippen LogP contribution in [0, 0.1) is 12.8 Å². The van der Waals surface area contributed by atoms with Gasteiger partial charge in [0.1, 0.15) is 0 Å². The first-order chi connectivity index (χ1) is 9.61. The maximum atomic E-state index is 8.69. The highest BCUT2D eigenvalue weighted by Crippen LogP contribution is 2.27. The van der Waals surface area contributed by atoms with Gasteiger partial charge in [-0.25, -0.2) is 0 Å². The number of benzene rings is 1. The summed E-state index contributed by atoms with van der Waals surface area (Å²) in [6.45, 7) is 4.94. The van der Waals surface area contributed by atoms with Crippen molar-refractivity contribution in [1.29, 1.82) is 0 Å². The van der Waals surface area contributed by atoms with Crippen LogP contribution >= 0.6 is 0 Å². The summed E-state index contributed by atoms with van der Waals surface area (Å²) in [6, 6.07) is 5.79. The maximum absolute atomic E-state index is 8.69. The van der Waals surface area contributed by atoms with Gasteiger partial charge >= 0.3 is 0 Å². The van der Waals surface area contributed by atoms with E-state index in [1.54, 1.807) is 0 Å². The molecule has 2 rings (SSSR count). The molecule has 0 aliphatic heterocycles. The minimum absolute atomic E-state index is 0.140. The zero-order valence-corrected chi connectivity index (χ0v) is 12.3. The largest absolute Gasteiger partial charge is 0.409 e. The van der Waals surface area contributed by atoms with Gasteiger partial charge in [0.05, 0.1) is 12.7 Å². The molecule has 20 heavy (non-hydrogen) atoms. The summed E-state index contributed by atoms with van der Waals surface area (Å²) in [6.07, 6.45) is 5.42. The number of nitrogens with two attached hydrogens (primary N) is 1. The van der Waals surface area contributed by atoms with Crippen molar-refractivity contribution in [3.63, 3.8) is 0 Å². The van der Waals surface area contributed by atoms with E-state index in [1.165, 1.54) is 25.7 Å². The molecule has 2 atom stereocenters.